The van der Waals surface area contributed by atoms with E-state index >= 15 is 0 Å². The minimum absolute atomic E-state index is 0.0514. The number of anilines is 1. The van der Waals surface area contributed by atoms with Crippen LogP contribution in [0.5, 0.6) is 0 Å². The molecule has 1 aliphatic rings. The molecule has 0 amide bonds. The van der Waals surface area contributed by atoms with Gasteiger partial charge in [0.05, 0.1) is 11.3 Å². The molecule has 1 aromatic carbocycles. The maximum absolute atomic E-state index is 12.7. The quantitative estimate of drug-likeness (QED) is 0.774. The van der Waals surface area contributed by atoms with Gasteiger partial charge in [-0.15, -0.1) is 4.03 Å². The predicted octanol–water partition coefficient (Wildman–Crippen LogP) is 1.82. The molecule has 87 valence electrons. The molecular formula is C8H7BrF3N4. The lowest BCUT2D eigenvalue weighted by molar-refractivity contribution is -0.137. The van der Waals surface area contributed by atoms with E-state index in [1.807, 2.05) is 0 Å². The van der Waals surface area contributed by atoms with Gasteiger partial charge in [-0.2, -0.15) is 24.2 Å². The number of nitrogens with zero attached hydrogens (tertiary/aromatic N) is 2. The molecule has 0 aromatic heterocycles. The molecular weight excluding hydrogens is 289 g/mol. The minimum Gasteiger partial charge on any atom is -0.276 e. The Hall–Kier alpha value is -0.830. The molecule has 4 nitrogen and oxygen atoms in total. The highest BCUT2D eigenvalue weighted by atomic mass is 79.9. The fourth-order valence-corrected chi connectivity index (χ4v) is 1.62. The minimum atomic E-state index is -4.39. The number of rotatable bonds is 1. The molecule has 0 saturated carbocycles. The summed E-state index contributed by atoms with van der Waals surface area (Å²) in [7, 11) is 0. The average molecular weight is 296 g/mol. The average Bonchev–Trinajstić information content (AvgIpc) is 2.64. The fraction of sp³-hybridized carbons (Fsp3) is 0.250. The van der Waals surface area contributed by atoms with Gasteiger partial charge in [-0.05, 0) is 6.07 Å². The fourth-order valence-electron chi connectivity index (χ4n) is 1.32. The van der Waals surface area contributed by atoms with E-state index in [9.17, 15) is 13.2 Å². The molecule has 0 unspecified atom stereocenters. The van der Waals surface area contributed by atoms with Crippen LogP contribution in [0.2, 0.25) is 0 Å². The number of benzene rings is 1. The lowest BCUT2D eigenvalue weighted by Gasteiger charge is -2.20. The van der Waals surface area contributed by atoms with Crippen LogP contribution in [-0.2, 0) is 6.18 Å². The van der Waals surface area contributed by atoms with Gasteiger partial charge in [-0.1, -0.05) is 12.1 Å². The summed E-state index contributed by atoms with van der Waals surface area (Å²) in [4.78, 5) is 0. The normalized spacial score (nSPS) is 18.1. The molecule has 0 bridgehead atoms. The predicted molar refractivity (Wildman–Crippen MR) is 54.7 cm³/mol. The maximum atomic E-state index is 12.7. The SMILES string of the molecule is FC(F)(F)c1ccc[c]c1N1CN(Br)NN1. The summed E-state index contributed by atoms with van der Waals surface area (Å²) < 4.78 is 39.5. The standard InChI is InChI=1S/C8H7BrF3N4/c9-16-5-15(13-14-16)7-4-2-1-3-6(7)8(10,11)12/h1-3,13-14H,5H2. The first-order chi connectivity index (χ1) is 7.48. The van der Waals surface area contributed by atoms with Crippen LogP contribution < -0.4 is 16.1 Å². The lowest BCUT2D eigenvalue weighted by Crippen LogP contribution is -2.37. The van der Waals surface area contributed by atoms with Crippen molar-refractivity contribution in [1.29, 1.82) is 0 Å². The Morgan fingerprint density at radius 1 is 1.38 bits per heavy atom. The maximum Gasteiger partial charge on any atom is 0.418 e. The molecule has 1 radical (unpaired) electrons. The van der Waals surface area contributed by atoms with E-state index < -0.39 is 11.7 Å². The molecule has 2 rings (SSSR count). The molecule has 2 N–H and O–H groups in total. The summed E-state index contributed by atoms with van der Waals surface area (Å²) in [5.41, 5.74) is 4.37. The first kappa shape index (κ1) is 11.6. The Balaban J connectivity index is 2.34. The van der Waals surface area contributed by atoms with E-state index in [4.69, 9.17) is 0 Å². The smallest absolute Gasteiger partial charge is 0.276 e. The number of hydrogen-bond acceptors (Lipinski definition) is 4. The van der Waals surface area contributed by atoms with Gasteiger partial charge in [-0.25, -0.2) is 0 Å². The van der Waals surface area contributed by atoms with Crippen LogP contribution >= 0.6 is 16.1 Å². The Morgan fingerprint density at radius 2 is 2.12 bits per heavy atom. The third-order valence-corrected chi connectivity index (χ3v) is 2.38. The van der Waals surface area contributed by atoms with Gasteiger partial charge in [0.15, 0.2) is 0 Å². The van der Waals surface area contributed by atoms with Gasteiger partial charge >= 0.3 is 6.18 Å². The van der Waals surface area contributed by atoms with E-state index in [2.05, 4.69) is 33.3 Å². The summed E-state index contributed by atoms with van der Waals surface area (Å²) in [6.07, 6.45) is -4.39. The zero-order valence-electron chi connectivity index (χ0n) is 7.85. The summed E-state index contributed by atoms with van der Waals surface area (Å²) in [6, 6.07) is 6.32. The third-order valence-electron chi connectivity index (χ3n) is 1.98. The van der Waals surface area contributed by atoms with Crippen LogP contribution in [0.1, 0.15) is 5.56 Å². The zero-order chi connectivity index (χ0) is 11.8. The Bertz CT molecular complexity index is 384. The molecule has 1 saturated heterocycles. The molecule has 1 heterocycles. The topological polar surface area (TPSA) is 30.5 Å². The highest BCUT2D eigenvalue weighted by molar-refractivity contribution is 9.07. The number of halogens is 4. The van der Waals surface area contributed by atoms with E-state index in [1.165, 1.54) is 21.2 Å². The van der Waals surface area contributed by atoms with Crippen LogP contribution in [0.4, 0.5) is 18.9 Å². The molecule has 1 aromatic rings. The van der Waals surface area contributed by atoms with Crippen molar-refractivity contribution in [2.75, 3.05) is 11.7 Å². The van der Waals surface area contributed by atoms with Gasteiger partial charge in [-0.3, -0.25) is 5.01 Å². The van der Waals surface area contributed by atoms with E-state index in [0.29, 0.717) is 0 Å². The molecule has 1 fully saturated rings. The monoisotopic (exact) mass is 295 g/mol. The number of hydrazine groups is 3. The van der Waals surface area contributed by atoms with E-state index in [-0.39, 0.29) is 12.4 Å². The largest absolute Gasteiger partial charge is 0.418 e. The third kappa shape index (κ3) is 2.29. The van der Waals surface area contributed by atoms with Crippen molar-refractivity contribution >= 4 is 21.8 Å². The highest BCUT2D eigenvalue weighted by Crippen LogP contribution is 2.36. The van der Waals surface area contributed by atoms with Crippen LogP contribution in [0.15, 0.2) is 18.2 Å². The number of alkyl halides is 3. The van der Waals surface area contributed by atoms with Crippen molar-refractivity contribution in [3.8, 4) is 0 Å². The van der Waals surface area contributed by atoms with Crippen molar-refractivity contribution in [3.63, 3.8) is 0 Å². The summed E-state index contributed by atoms with van der Waals surface area (Å²) in [5.74, 6) is 0. The van der Waals surface area contributed by atoms with Crippen LogP contribution in [0.25, 0.3) is 0 Å². The van der Waals surface area contributed by atoms with Crippen molar-refractivity contribution < 1.29 is 13.2 Å². The number of hydrogen-bond donors (Lipinski definition) is 2. The number of nitrogens with one attached hydrogen (secondary N) is 2. The summed E-state index contributed by atoms with van der Waals surface area (Å²) in [6.45, 7) is 0.212. The van der Waals surface area contributed by atoms with Gasteiger partial charge in [0.25, 0.3) is 0 Å². The molecule has 1 aliphatic heterocycles. The van der Waals surface area contributed by atoms with E-state index in [1.54, 1.807) is 0 Å². The molecule has 8 heteroatoms. The van der Waals surface area contributed by atoms with E-state index in [0.717, 1.165) is 6.07 Å². The molecule has 0 spiro atoms. The Kier molecular flexibility index (Phi) is 3.06. The van der Waals surface area contributed by atoms with Crippen LogP contribution in [0, 0.1) is 6.07 Å². The van der Waals surface area contributed by atoms with Gasteiger partial charge < -0.3 is 0 Å². The summed E-state index contributed by atoms with van der Waals surface area (Å²) in [5, 5.41) is 1.29. The lowest BCUT2D eigenvalue weighted by atomic mass is 10.1. The van der Waals surface area contributed by atoms with Crippen molar-refractivity contribution in [2.24, 2.45) is 0 Å². The van der Waals surface area contributed by atoms with Gasteiger partial charge in [0, 0.05) is 22.2 Å². The Morgan fingerprint density at radius 3 is 2.69 bits per heavy atom. The molecule has 16 heavy (non-hydrogen) atoms. The second kappa shape index (κ2) is 4.21. The number of para-hydroxylation sites is 1. The Labute approximate surface area is 98.3 Å². The first-order valence-corrected chi connectivity index (χ1v) is 4.99. The second-order valence-electron chi connectivity index (χ2n) is 3.09. The van der Waals surface area contributed by atoms with Crippen LogP contribution in [-0.4, -0.2) is 10.7 Å². The van der Waals surface area contributed by atoms with Crippen molar-refractivity contribution in [2.45, 2.75) is 6.18 Å². The highest BCUT2D eigenvalue weighted by Gasteiger charge is 2.35. The zero-order valence-corrected chi connectivity index (χ0v) is 9.43. The van der Waals surface area contributed by atoms with Crippen molar-refractivity contribution in [1.82, 2.24) is 15.1 Å². The molecule has 0 aliphatic carbocycles. The van der Waals surface area contributed by atoms with Gasteiger partial charge in [0.2, 0.25) is 0 Å². The summed E-state index contributed by atoms with van der Waals surface area (Å²) >= 11 is 3.07. The van der Waals surface area contributed by atoms with Crippen molar-refractivity contribution in [3.05, 3.63) is 29.8 Å². The first-order valence-electron chi connectivity index (χ1n) is 4.28. The van der Waals surface area contributed by atoms with Crippen LogP contribution in [0.3, 0.4) is 0 Å². The molecule has 0 atom stereocenters. The second-order valence-corrected chi connectivity index (χ2v) is 3.94. The van der Waals surface area contributed by atoms with Gasteiger partial charge in [0.1, 0.15) is 6.67 Å².